The van der Waals surface area contributed by atoms with E-state index in [1.807, 2.05) is 0 Å². The van der Waals surface area contributed by atoms with Crippen LogP contribution in [0.3, 0.4) is 0 Å². The Morgan fingerprint density at radius 2 is 2.27 bits per heavy atom. The van der Waals surface area contributed by atoms with E-state index >= 15 is 0 Å². The van der Waals surface area contributed by atoms with Gasteiger partial charge in [-0.1, -0.05) is 27.2 Å². The lowest BCUT2D eigenvalue weighted by Crippen LogP contribution is -2.16. The quantitative estimate of drug-likeness (QED) is 0.777. The van der Waals surface area contributed by atoms with Crippen LogP contribution in [0, 0.1) is 5.92 Å². The normalized spacial score (nSPS) is 10.7. The van der Waals surface area contributed by atoms with Crippen molar-refractivity contribution in [3.05, 3.63) is 22.1 Å². The third-order valence-electron chi connectivity index (χ3n) is 1.98. The molecule has 0 amide bonds. The first-order chi connectivity index (χ1) is 7.11. The number of H-pyrrole nitrogens is 1. The Balaban J connectivity index is 2.75. The third kappa shape index (κ3) is 4.14. The predicted octanol–water partition coefficient (Wildman–Crippen LogP) is 1.79. The number of aromatic amines is 1. The van der Waals surface area contributed by atoms with Gasteiger partial charge >= 0.3 is 0 Å². The van der Waals surface area contributed by atoms with E-state index in [4.69, 9.17) is 0 Å². The van der Waals surface area contributed by atoms with Crippen molar-refractivity contribution in [3.8, 4) is 0 Å². The highest BCUT2D eigenvalue weighted by atomic mass is 16.1. The number of hydrogen-bond donors (Lipinski definition) is 2. The summed E-state index contributed by atoms with van der Waals surface area (Å²) in [5.74, 6) is 1.12. The van der Waals surface area contributed by atoms with E-state index < -0.39 is 0 Å². The third-order valence-corrected chi connectivity index (χ3v) is 1.98. The van der Waals surface area contributed by atoms with Gasteiger partial charge in [0.2, 0.25) is 5.95 Å². The van der Waals surface area contributed by atoms with Crippen LogP contribution >= 0.6 is 0 Å². The van der Waals surface area contributed by atoms with Gasteiger partial charge in [0.15, 0.2) is 0 Å². The van der Waals surface area contributed by atoms with E-state index in [1.54, 1.807) is 6.07 Å². The van der Waals surface area contributed by atoms with Gasteiger partial charge in [0.1, 0.15) is 0 Å². The summed E-state index contributed by atoms with van der Waals surface area (Å²) in [7, 11) is 0. The SMILES string of the molecule is CCCc1cc(=O)[nH]c(NCC(C)C)n1. The maximum atomic E-state index is 11.3. The molecular formula is C11H19N3O. The number of nitrogens with zero attached hydrogens (tertiary/aromatic N) is 1. The fraction of sp³-hybridized carbons (Fsp3) is 0.636. The molecule has 1 rings (SSSR count). The number of aromatic nitrogens is 2. The number of aryl methyl sites for hydroxylation is 1. The van der Waals surface area contributed by atoms with Crippen LogP contribution < -0.4 is 10.9 Å². The molecule has 15 heavy (non-hydrogen) atoms. The topological polar surface area (TPSA) is 57.8 Å². The molecule has 0 aliphatic carbocycles. The summed E-state index contributed by atoms with van der Waals surface area (Å²) in [6, 6.07) is 1.56. The highest BCUT2D eigenvalue weighted by Crippen LogP contribution is 2.01. The second-order valence-corrected chi connectivity index (χ2v) is 4.11. The molecule has 0 aliphatic rings. The number of hydrogen-bond acceptors (Lipinski definition) is 3. The molecule has 4 nitrogen and oxygen atoms in total. The molecule has 4 heteroatoms. The minimum atomic E-state index is -0.0836. The molecule has 1 aromatic rings. The molecule has 0 saturated carbocycles. The Morgan fingerprint density at radius 3 is 2.87 bits per heavy atom. The van der Waals surface area contributed by atoms with Crippen LogP contribution in [0.25, 0.3) is 0 Å². The van der Waals surface area contributed by atoms with Crippen molar-refractivity contribution in [3.63, 3.8) is 0 Å². The standard InChI is InChI=1S/C11H19N3O/c1-4-5-9-6-10(15)14-11(13-9)12-7-8(2)3/h6,8H,4-5,7H2,1-3H3,(H2,12,13,14,15). The van der Waals surface area contributed by atoms with Crippen molar-refractivity contribution in [2.45, 2.75) is 33.6 Å². The van der Waals surface area contributed by atoms with Gasteiger partial charge in [0.05, 0.1) is 0 Å². The Hall–Kier alpha value is -1.32. The number of nitrogens with one attached hydrogen (secondary N) is 2. The molecule has 1 heterocycles. The van der Waals surface area contributed by atoms with E-state index in [9.17, 15) is 4.79 Å². The van der Waals surface area contributed by atoms with Crippen molar-refractivity contribution in [1.29, 1.82) is 0 Å². The molecule has 0 fully saturated rings. The van der Waals surface area contributed by atoms with Gasteiger partial charge in [-0.05, 0) is 12.3 Å². The Labute approximate surface area is 90.1 Å². The Kier molecular flexibility index (Phi) is 4.34. The van der Waals surface area contributed by atoms with Crippen LogP contribution in [-0.4, -0.2) is 16.5 Å². The molecule has 0 spiro atoms. The van der Waals surface area contributed by atoms with Gasteiger partial charge in [-0.15, -0.1) is 0 Å². The molecule has 0 aliphatic heterocycles. The lowest BCUT2D eigenvalue weighted by Gasteiger charge is -2.08. The zero-order valence-corrected chi connectivity index (χ0v) is 9.63. The minimum Gasteiger partial charge on any atom is -0.355 e. The molecular weight excluding hydrogens is 190 g/mol. The highest BCUT2D eigenvalue weighted by Gasteiger charge is 2.01. The summed E-state index contributed by atoms with van der Waals surface area (Å²) in [6.45, 7) is 7.12. The van der Waals surface area contributed by atoms with Crippen molar-refractivity contribution < 1.29 is 0 Å². The maximum Gasteiger partial charge on any atom is 0.252 e. The smallest absolute Gasteiger partial charge is 0.252 e. The highest BCUT2D eigenvalue weighted by molar-refractivity contribution is 5.25. The monoisotopic (exact) mass is 209 g/mol. The number of anilines is 1. The van der Waals surface area contributed by atoms with Crippen LogP contribution in [0.1, 0.15) is 32.9 Å². The Bertz CT molecular complexity index is 357. The second kappa shape index (κ2) is 5.53. The summed E-state index contributed by atoms with van der Waals surface area (Å²) in [5.41, 5.74) is 0.771. The summed E-state index contributed by atoms with van der Waals surface area (Å²) in [5, 5.41) is 3.12. The fourth-order valence-corrected chi connectivity index (χ4v) is 1.28. The first-order valence-corrected chi connectivity index (χ1v) is 5.46. The first-order valence-electron chi connectivity index (χ1n) is 5.46. The molecule has 0 radical (unpaired) electrons. The zero-order valence-electron chi connectivity index (χ0n) is 9.63. The van der Waals surface area contributed by atoms with E-state index in [-0.39, 0.29) is 5.56 Å². The largest absolute Gasteiger partial charge is 0.355 e. The van der Waals surface area contributed by atoms with Crippen molar-refractivity contribution in [1.82, 2.24) is 9.97 Å². The van der Waals surface area contributed by atoms with E-state index in [2.05, 4.69) is 36.1 Å². The van der Waals surface area contributed by atoms with Gasteiger partial charge in [0.25, 0.3) is 5.56 Å². The predicted molar refractivity (Wildman–Crippen MR) is 62.2 cm³/mol. The molecule has 0 aromatic carbocycles. The van der Waals surface area contributed by atoms with Gasteiger partial charge in [0, 0.05) is 18.3 Å². The molecule has 0 atom stereocenters. The first kappa shape index (κ1) is 11.8. The van der Waals surface area contributed by atoms with Crippen LogP contribution in [0.15, 0.2) is 10.9 Å². The van der Waals surface area contributed by atoms with Crippen molar-refractivity contribution in [2.24, 2.45) is 5.92 Å². The molecule has 84 valence electrons. The van der Waals surface area contributed by atoms with Gasteiger partial charge in [-0.25, -0.2) is 4.98 Å². The van der Waals surface area contributed by atoms with E-state index in [0.717, 1.165) is 25.1 Å². The minimum absolute atomic E-state index is 0.0836. The van der Waals surface area contributed by atoms with Gasteiger partial charge < -0.3 is 5.32 Å². The molecule has 2 N–H and O–H groups in total. The average molecular weight is 209 g/mol. The average Bonchev–Trinajstić information content (AvgIpc) is 2.14. The molecule has 0 unspecified atom stereocenters. The van der Waals surface area contributed by atoms with E-state index in [1.165, 1.54) is 0 Å². The van der Waals surface area contributed by atoms with Crippen molar-refractivity contribution >= 4 is 5.95 Å². The maximum absolute atomic E-state index is 11.3. The van der Waals surface area contributed by atoms with Crippen molar-refractivity contribution in [2.75, 3.05) is 11.9 Å². The summed E-state index contributed by atoms with van der Waals surface area (Å²) in [6.07, 6.45) is 1.85. The zero-order chi connectivity index (χ0) is 11.3. The second-order valence-electron chi connectivity index (χ2n) is 4.11. The summed E-state index contributed by atoms with van der Waals surface area (Å²) < 4.78 is 0. The summed E-state index contributed by atoms with van der Waals surface area (Å²) in [4.78, 5) is 18.3. The van der Waals surface area contributed by atoms with Crippen LogP contribution in [0.5, 0.6) is 0 Å². The van der Waals surface area contributed by atoms with Gasteiger partial charge in [-0.3, -0.25) is 9.78 Å². The van der Waals surface area contributed by atoms with Crippen LogP contribution in [0.4, 0.5) is 5.95 Å². The summed E-state index contributed by atoms with van der Waals surface area (Å²) >= 11 is 0. The van der Waals surface area contributed by atoms with Gasteiger partial charge in [-0.2, -0.15) is 0 Å². The lowest BCUT2D eigenvalue weighted by atomic mass is 10.2. The molecule has 0 saturated heterocycles. The molecule has 1 aromatic heterocycles. The Morgan fingerprint density at radius 1 is 1.53 bits per heavy atom. The van der Waals surface area contributed by atoms with E-state index in [0.29, 0.717) is 11.9 Å². The lowest BCUT2D eigenvalue weighted by molar-refractivity contribution is 0.683. The fourth-order valence-electron chi connectivity index (χ4n) is 1.28. The molecule has 0 bridgehead atoms. The van der Waals surface area contributed by atoms with Crippen LogP contribution in [0.2, 0.25) is 0 Å². The number of rotatable bonds is 5. The van der Waals surface area contributed by atoms with Crippen LogP contribution in [-0.2, 0) is 6.42 Å².